The van der Waals surface area contributed by atoms with Gasteiger partial charge in [0.25, 0.3) is 0 Å². The van der Waals surface area contributed by atoms with Gasteiger partial charge in [0.15, 0.2) is 0 Å². The number of nitrogens with zero attached hydrogens (tertiary/aromatic N) is 2. The Kier molecular flexibility index (Phi) is 5.58. The SMILES string of the molecule is CCc1cc(-c2nccc(OC)c2-c2ccccc2)ccc1N1CCNCC1. The molecule has 1 saturated heterocycles. The van der Waals surface area contributed by atoms with Gasteiger partial charge >= 0.3 is 0 Å². The van der Waals surface area contributed by atoms with Gasteiger partial charge in [0.1, 0.15) is 5.75 Å². The second kappa shape index (κ2) is 8.44. The van der Waals surface area contributed by atoms with E-state index in [-0.39, 0.29) is 0 Å². The summed E-state index contributed by atoms with van der Waals surface area (Å²) >= 11 is 0. The summed E-state index contributed by atoms with van der Waals surface area (Å²) in [4.78, 5) is 7.23. The second-order valence-corrected chi connectivity index (χ2v) is 7.04. The maximum absolute atomic E-state index is 5.68. The number of rotatable bonds is 5. The highest BCUT2D eigenvalue weighted by Gasteiger charge is 2.18. The maximum atomic E-state index is 5.68. The van der Waals surface area contributed by atoms with Gasteiger partial charge in [0.2, 0.25) is 0 Å². The summed E-state index contributed by atoms with van der Waals surface area (Å²) in [6.45, 7) is 6.42. The quantitative estimate of drug-likeness (QED) is 0.719. The summed E-state index contributed by atoms with van der Waals surface area (Å²) in [5.41, 5.74) is 6.97. The van der Waals surface area contributed by atoms with Crippen molar-refractivity contribution in [3.05, 3.63) is 66.4 Å². The molecule has 2 aromatic carbocycles. The fraction of sp³-hybridized carbons (Fsp3) is 0.292. The molecule has 4 nitrogen and oxygen atoms in total. The Morgan fingerprint density at radius 1 is 1.00 bits per heavy atom. The summed E-state index contributed by atoms with van der Waals surface area (Å²) in [5, 5.41) is 3.43. The molecule has 0 bridgehead atoms. The van der Waals surface area contributed by atoms with Crippen molar-refractivity contribution < 1.29 is 4.74 Å². The zero-order valence-corrected chi connectivity index (χ0v) is 16.6. The van der Waals surface area contributed by atoms with E-state index < -0.39 is 0 Å². The van der Waals surface area contributed by atoms with Crippen molar-refractivity contribution in [1.82, 2.24) is 10.3 Å². The highest BCUT2D eigenvalue weighted by Crippen LogP contribution is 2.38. The lowest BCUT2D eigenvalue weighted by Crippen LogP contribution is -2.43. The Hall–Kier alpha value is -2.85. The number of anilines is 1. The van der Waals surface area contributed by atoms with Crippen LogP contribution >= 0.6 is 0 Å². The van der Waals surface area contributed by atoms with Crippen LogP contribution in [0.2, 0.25) is 0 Å². The van der Waals surface area contributed by atoms with Crippen molar-refractivity contribution in [2.45, 2.75) is 13.3 Å². The van der Waals surface area contributed by atoms with Crippen LogP contribution in [-0.4, -0.2) is 38.3 Å². The minimum atomic E-state index is 0.848. The normalized spacial score (nSPS) is 14.1. The third-order valence-electron chi connectivity index (χ3n) is 5.39. The maximum Gasteiger partial charge on any atom is 0.130 e. The van der Waals surface area contributed by atoms with Gasteiger partial charge in [-0.2, -0.15) is 0 Å². The van der Waals surface area contributed by atoms with Crippen molar-refractivity contribution in [3.8, 4) is 28.1 Å². The standard InChI is InChI=1S/C24H27N3O/c1-3-18-17-20(9-10-21(18)27-15-13-25-14-16-27)24-23(19-7-5-4-6-8-19)22(28-2)11-12-26-24/h4-12,17,25H,3,13-16H2,1-2H3. The third kappa shape index (κ3) is 3.60. The molecule has 0 unspecified atom stereocenters. The van der Waals surface area contributed by atoms with E-state index in [2.05, 4.69) is 59.6 Å². The zero-order valence-electron chi connectivity index (χ0n) is 16.6. The number of ether oxygens (including phenoxy) is 1. The van der Waals surface area contributed by atoms with Gasteiger partial charge < -0.3 is 15.0 Å². The highest BCUT2D eigenvalue weighted by atomic mass is 16.5. The lowest BCUT2D eigenvalue weighted by atomic mass is 9.96. The number of pyridine rings is 1. The summed E-state index contributed by atoms with van der Waals surface area (Å²) in [5.74, 6) is 0.848. The van der Waals surface area contributed by atoms with E-state index in [0.717, 1.165) is 60.7 Å². The first-order chi connectivity index (χ1) is 13.8. The Morgan fingerprint density at radius 3 is 2.50 bits per heavy atom. The molecular weight excluding hydrogens is 346 g/mol. The molecule has 3 aromatic rings. The van der Waals surface area contributed by atoms with Gasteiger partial charge in [-0.3, -0.25) is 4.98 Å². The highest BCUT2D eigenvalue weighted by molar-refractivity contribution is 5.86. The molecule has 0 spiro atoms. The summed E-state index contributed by atoms with van der Waals surface area (Å²) < 4.78 is 5.68. The van der Waals surface area contributed by atoms with Gasteiger partial charge in [-0.25, -0.2) is 0 Å². The van der Waals surface area contributed by atoms with E-state index >= 15 is 0 Å². The van der Waals surface area contributed by atoms with Crippen molar-refractivity contribution in [3.63, 3.8) is 0 Å². The Bertz CT molecular complexity index is 934. The predicted octanol–water partition coefficient (Wildman–Crippen LogP) is 4.40. The molecule has 0 atom stereocenters. The number of aromatic nitrogens is 1. The fourth-order valence-corrected chi connectivity index (χ4v) is 3.95. The van der Waals surface area contributed by atoms with Gasteiger partial charge in [0, 0.05) is 43.6 Å². The number of hydrogen-bond acceptors (Lipinski definition) is 4. The van der Waals surface area contributed by atoms with Crippen molar-refractivity contribution in [1.29, 1.82) is 0 Å². The van der Waals surface area contributed by atoms with Gasteiger partial charge in [-0.05, 0) is 35.7 Å². The zero-order chi connectivity index (χ0) is 19.3. The first-order valence-electron chi connectivity index (χ1n) is 9.99. The van der Waals surface area contributed by atoms with E-state index in [1.807, 2.05) is 18.3 Å². The molecule has 4 heteroatoms. The third-order valence-corrected chi connectivity index (χ3v) is 5.39. The van der Waals surface area contributed by atoms with Gasteiger partial charge in [-0.15, -0.1) is 0 Å². The van der Waals surface area contributed by atoms with Crippen LogP contribution < -0.4 is 15.0 Å². The molecule has 2 heterocycles. The predicted molar refractivity (Wildman–Crippen MR) is 116 cm³/mol. The number of methoxy groups -OCH3 is 1. The lowest BCUT2D eigenvalue weighted by Gasteiger charge is -2.31. The summed E-state index contributed by atoms with van der Waals surface area (Å²) in [6, 6.07) is 19.0. The van der Waals surface area contributed by atoms with Crippen LogP contribution in [0.3, 0.4) is 0 Å². The Labute approximate surface area is 167 Å². The monoisotopic (exact) mass is 373 g/mol. The number of nitrogens with one attached hydrogen (secondary N) is 1. The molecular formula is C24H27N3O. The van der Waals surface area contributed by atoms with Crippen LogP contribution in [0.5, 0.6) is 5.75 Å². The molecule has 1 aliphatic rings. The average Bonchev–Trinajstić information content (AvgIpc) is 2.79. The summed E-state index contributed by atoms with van der Waals surface area (Å²) in [6.07, 6.45) is 2.83. The second-order valence-electron chi connectivity index (χ2n) is 7.04. The molecule has 0 radical (unpaired) electrons. The molecule has 1 aliphatic heterocycles. The largest absolute Gasteiger partial charge is 0.496 e. The first-order valence-corrected chi connectivity index (χ1v) is 9.99. The smallest absolute Gasteiger partial charge is 0.130 e. The van der Waals surface area contributed by atoms with E-state index in [1.54, 1.807) is 7.11 Å². The van der Waals surface area contributed by atoms with E-state index in [0.29, 0.717) is 0 Å². The minimum absolute atomic E-state index is 0.848. The van der Waals surface area contributed by atoms with Crippen LogP contribution in [0, 0.1) is 0 Å². The van der Waals surface area contributed by atoms with Crippen LogP contribution in [-0.2, 0) is 6.42 Å². The van der Waals surface area contributed by atoms with E-state index in [4.69, 9.17) is 9.72 Å². The van der Waals surface area contributed by atoms with Crippen LogP contribution in [0.15, 0.2) is 60.8 Å². The van der Waals surface area contributed by atoms with Crippen LogP contribution in [0.4, 0.5) is 5.69 Å². The molecule has 28 heavy (non-hydrogen) atoms. The van der Waals surface area contributed by atoms with Crippen molar-refractivity contribution in [2.75, 3.05) is 38.2 Å². The minimum Gasteiger partial charge on any atom is -0.496 e. The number of aryl methyl sites for hydroxylation is 1. The molecule has 1 fully saturated rings. The number of hydrogen-bond donors (Lipinski definition) is 1. The Balaban J connectivity index is 1.81. The average molecular weight is 374 g/mol. The van der Waals surface area contributed by atoms with E-state index in [9.17, 15) is 0 Å². The topological polar surface area (TPSA) is 37.4 Å². The molecule has 0 aliphatic carbocycles. The number of piperazine rings is 1. The molecule has 4 rings (SSSR count). The van der Waals surface area contributed by atoms with Crippen LogP contribution in [0.25, 0.3) is 22.4 Å². The molecule has 1 aromatic heterocycles. The van der Waals surface area contributed by atoms with Gasteiger partial charge in [0.05, 0.1) is 18.4 Å². The molecule has 0 amide bonds. The van der Waals surface area contributed by atoms with E-state index in [1.165, 1.54) is 11.3 Å². The Morgan fingerprint density at radius 2 is 1.79 bits per heavy atom. The molecule has 144 valence electrons. The first kappa shape index (κ1) is 18.5. The van der Waals surface area contributed by atoms with Crippen molar-refractivity contribution in [2.24, 2.45) is 0 Å². The van der Waals surface area contributed by atoms with Gasteiger partial charge in [-0.1, -0.05) is 43.3 Å². The van der Waals surface area contributed by atoms with Crippen LogP contribution in [0.1, 0.15) is 12.5 Å². The molecule has 1 N–H and O–H groups in total. The number of benzene rings is 2. The summed E-state index contributed by atoms with van der Waals surface area (Å²) in [7, 11) is 1.72. The van der Waals surface area contributed by atoms with Crippen molar-refractivity contribution >= 4 is 5.69 Å². The fourth-order valence-electron chi connectivity index (χ4n) is 3.95. The lowest BCUT2D eigenvalue weighted by molar-refractivity contribution is 0.416. The molecule has 0 saturated carbocycles.